The Morgan fingerprint density at radius 3 is 2.84 bits per heavy atom. The quantitative estimate of drug-likeness (QED) is 0.854. The average Bonchev–Trinajstić information content (AvgIpc) is 3.04. The first kappa shape index (κ1) is 12.7. The van der Waals surface area contributed by atoms with E-state index in [9.17, 15) is 4.79 Å². The molecule has 1 N–H and O–H groups in total. The molecule has 2 aliphatic heterocycles. The summed E-state index contributed by atoms with van der Waals surface area (Å²) in [6.45, 7) is 5.41. The van der Waals surface area contributed by atoms with Gasteiger partial charge >= 0.3 is 0 Å². The molecular weight excluding hydrogens is 242 g/mol. The number of carbonyl (C=O) groups is 1. The van der Waals surface area contributed by atoms with E-state index in [0.717, 1.165) is 43.8 Å². The summed E-state index contributed by atoms with van der Waals surface area (Å²) in [7, 11) is 1.84. The molecule has 0 radical (unpaired) electrons. The monoisotopic (exact) mass is 263 g/mol. The van der Waals surface area contributed by atoms with Crippen molar-refractivity contribution in [3.63, 3.8) is 0 Å². The molecular formula is C14H21N3O2. The minimum Gasteiger partial charge on any atom is -0.467 e. The van der Waals surface area contributed by atoms with Gasteiger partial charge in [0, 0.05) is 20.1 Å². The number of carbonyl (C=O) groups excluding carboxylic acids is 1. The molecule has 0 aliphatic carbocycles. The van der Waals surface area contributed by atoms with E-state index in [1.165, 1.54) is 0 Å². The fraction of sp³-hybridized carbons (Fsp3) is 0.643. The SMILES string of the molecule is CN(Cc1ccco1)C(=O)CN1C[C@H]2CNC[C@H]2C1. The zero-order valence-corrected chi connectivity index (χ0v) is 11.3. The van der Waals surface area contributed by atoms with Crippen LogP contribution in [-0.2, 0) is 11.3 Å². The van der Waals surface area contributed by atoms with Crippen LogP contribution in [0.2, 0.25) is 0 Å². The number of nitrogens with one attached hydrogen (secondary N) is 1. The molecule has 1 aromatic rings. The summed E-state index contributed by atoms with van der Waals surface area (Å²) in [6, 6.07) is 3.75. The van der Waals surface area contributed by atoms with Gasteiger partial charge in [0.25, 0.3) is 0 Å². The maximum atomic E-state index is 12.2. The van der Waals surface area contributed by atoms with Crippen molar-refractivity contribution in [2.45, 2.75) is 6.54 Å². The van der Waals surface area contributed by atoms with E-state index in [2.05, 4.69) is 10.2 Å². The van der Waals surface area contributed by atoms with E-state index >= 15 is 0 Å². The lowest BCUT2D eigenvalue weighted by molar-refractivity contribution is -0.131. The van der Waals surface area contributed by atoms with E-state index in [-0.39, 0.29) is 5.91 Å². The minimum atomic E-state index is 0.171. The summed E-state index contributed by atoms with van der Waals surface area (Å²) in [5.41, 5.74) is 0. The van der Waals surface area contributed by atoms with Crippen LogP contribution < -0.4 is 5.32 Å². The van der Waals surface area contributed by atoms with Gasteiger partial charge in [-0.2, -0.15) is 0 Å². The molecule has 19 heavy (non-hydrogen) atoms. The predicted octanol–water partition coefficient (Wildman–Crippen LogP) is 0.389. The number of nitrogens with zero attached hydrogens (tertiary/aromatic N) is 2. The van der Waals surface area contributed by atoms with Gasteiger partial charge in [0.05, 0.1) is 19.4 Å². The Kier molecular flexibility index (Phi) is 3.57. The van der Waals surface area contributed by atoms with Crippen LogP contribution in [0.1, 0.15) is 5.76 Å². The summed E-state index contributed by atoms with van der Waals surface area (Å²) in [5.74, 6) is 2.48. The molecule has 1 amide bonds. The Morgan fingerprint density at radius 1 is 1.47 bits per heavy atom. The molecule has 5 nitrogen and oxygen atoms in total. The number of likely N-dealkylation sites (tertiary alicyclic amines) is 1. The lowest BCUT2D eigenvalue weighted by atomic mass is 10.0. The fourth-order valence-electron chi connectivity index (χ4n) is 3.12. The normalized spacial score (nSPS) is 26.6. The molecule has 0 bridgehead atoms. The minimum absolute atomic E-state index is 0.171. The van der Waals surface area contributed by atoms with Crippen LogP contribution in [0.4, 0.5) is 0 Å². The lowest BCUT2D eigenvalue weighted by Gasteiger charge is -2.21. The number of fused-ring (bicyclic) bond motifs is 1. The molecule has 2 aliphatic rings. The van der Waals surface area contributed by atoms with Gasteiger partial charge < -0.3 is 14.6 Å². The van der Waals surface area contributed by atoms with Crippen LogP contribution in [-0.4, -0.2) is 55.5 Å². The Balaban J connectivity index is 1.48. The molecule has 0 spiro atoms. The van der Waals surface area contributed by atoms with Crippen molar-refractivity contribution >= 4 is 5.91 Å². The van der Waals surface area contributed by atoms with Crippen molar-refractivity contribution < 1.29 is 9.21 Å². The summed E-state index contributed by atoms with van der Waals surface area (Å²) in [4.78, 5) is 16.2. The molecule has 104 valence electrons. The Labute approximate surface area is 113 Å². The lowest BCUT2D eigenvalue weighted by Crippen LogP contribution is -2.38. The summed E-state index contributed by atoms with van der Waals surface area (Å²) in [6.07, 6.45) is 1.64. The van der Waals surface area contributed by atoms with Gasteiger partial charge in [-0.15, -0.1) is 0 Å². The van der Waals surface area contributed by atoms with Crippen molar-refractivity contribution in [1.82, 2.24) is 15.1 Å². The van der Waals surface area contributed by atoms with Gasteiger partial charge in [0.2, 0.25) is 5.91 Å². The third-order valence-corrected chi connectivity index (χ3v) is 4.22. The number of amides is 1. The van der Waals surface area contributed by atoms with E-state index in [0.29, 0.717) is 13.1 Å². The number of rotatable bonds is 4. The number of furan rings is 1. The van der Waals surface area contributed by atoms with Crippen LogP contribution in [0.3, 0.4) is 0 Å². The van der Waals surface area contributed by atoms with Gasteiger partial charge in [-0.1, -0.05) is 0 Å². The predicted molar refractivity (Wildman–Crippen MR) is 71.5 cm³/mol. The molecule has 2 atom stereocenters. The maximum Gasteiger partial charge on any atom is 0.236 e. The van der Waals surface area contributed by atoms with Crippen molar-refractivity contribution in [3.05, 3.63) is 24.2 Å². The first-order chi connectivity index (χ1) is 9.22. The molecule has 0 aromatic carbocycles. The molecule has 5 heteroatoms. The fourth-order valence-corrected chi connectivity index (χ4v) is 3.12. The second kappa shape index (κ2) is 5.35. The second-order valence-corrected chi connectivity index (χ2v) is 5.70. The first-order valence-electron chi connectivity index (χ1n) is 6.92. The molecule has 0 saturated carbocycles. The van der Waals surface area contributed by atoms with E-state index in [1.807, 2.05) is 19.2 Å². The van der Waals surface area contributed by atoms with Crippen LogP contribution in [0.5, 0.6) is 0 Å². The highest BCUT2D eigenvalue weighted by molar-refractivity contribution is 5.78. The van der Waals surface area contributed by atoms with Crippen molar-refractivity contribution in [2.75, 3.05) is 39.8 Å². The van der Waals surface area contributed by atoms with E-state index < -0.39 is 0 Å². The third-order valence-electron chi connectivity index (χ3n) is 4.22. The van der Waals surface area contributed by atoms with Gasteiger partial charge in [-0.25, -0.2) is 0 Å². The second-order valence-electron chi connectivity index (χ2n) is 5.70. The Bertz CT molecular complexity index is 420. The summed E-state index contributed by atoms with van der Waals surface area (Å²) in [5, 5.41) is 3.42. The van der Waals surface area contributed by atoms with Crippen molar-refractivity contribution in [3.8, 4) is 0 Å². The zero-order chi connectivity index (χ0) is 13.2. The van der Waals surface area contributed by atoms with Crippen LogP contribution in [0.15, 0.2) is 22.8 Å². The van der Waals surface area contributed by atoms with Crippen LogP contribution in [0, 0.1) is 11.8 Å². The van der Waals surface area contributed by atoms with E-state index in [4.69, 9.17) is 4.42 Å². The van der Waals surface area contributed by atoms with Crippen LogP contribution in [0.25, 0.3) is 0 Å². The van der Waals surface area contributed by atoms with Gasteiger partial charge in [-0.05, 0) is 37.1 Å². The summed E-state index contributed by atoms with van der Waals surface area (Å²) >= 11 is 0. The number of likely N-dealkylation sites (N-methyl/N-ethyl adjacent to an activating group) is 1. The molecule has 0 unspecified atom stereocenters. The van der Waals surface area contributed by atoms with Gasteiger partial charge in [-0.3, -0.25) is 9.69 Å². The van der Waals surface area contributed by atoms with Gasteiger partial charge in [0.15, 0.2) is 0 Å². The average molecular weight is 263 g/mol. The summed E-state index contributed by atoms with van der Waals surface area (Å²) < 4.78 is 5.27. The third kappa shape index (κ3) is 2.82. The highest BCUT2D eigenvalue weighted by atomic mass is 16.3. The van der Waals surface area contributed by atoms with Crippen molar-refractivity contribution in [1.29, 1.82) is 0 Å². The highest BCUT2D eigenvalue weighted by Gasteiger charge is 2.36. The zero-order valence-electron chi connectivity index (χ0n) is 11.3. The smallest absolute Gasteiger partial charge is 0.236 e. The maximum absolute atomic E-state index is 12.2. The molecule has 1 aromatic heterocycles. The highest BCUT2D eigenvalue weighted by Crippen LogP contribution is 2.25. The molecule has 3 rings (SSSR count). The Morgan fingerprint density at radius 2 is 2.21 bits per heavy atom. The largest absolute Gasteiger partial charge is 0.467 e. The molecule has 2 fully saturated rings. The number of hydrogen-bond acceptors (Lipinski definition) is 4. The van der Waals surface area contributed by atoms with E-state index in [1.54, 1.807) is 11.2 Å². The first-order valence-corrected chi connectivity index (χ1v) is 6.92. The van der Waals surface area contributed by atoms with Crippen molar-refractivity contribution in [2.24, 2.45) is 11.8 Å². The molecule has 3 heterocycles. The topological polar surface area (TPSA) is 48.7 Å². The van der Waals surface area contributed by atoms with Crippen LogP contribution >= 0.6 is 0 Å². The Hall–Kier alpha value is -1.33. The standard InChI is InChI=1S/C14H21N3O2/c1-16(9-13-3-2-4-19-13)14(18)10-17-7-11-5-15-6-12(11)8-17/h2-4,11-12,15H,5-10H2,1H3/t11-,12+. The van der Waals surface area contributed by atoms with Gasteiger partial charge in [0.1, 0.15) is 5.76 Å². The molecule has 2 saturated heterocycles. The number of hydrogen-bond donors (Lipinski definition) is 1.